The summed E-state index contributed by atoms with van der Waals surface area (Å²) in [6.07, 6.45) is 0.800. The number of nitrogens with one attached hydrogen (secondary N) is 1. The molecule has 1 N–H and O–H groups in total. The third-order valence-electron chi connectivity index (χ3n) is 6.47. The minimum absolute atomic E-state index is 0.190. The molecule has 0 aliphatic heterocycles. The summed E-state index contributed by atoms with van der Waals surface area (Å²) in [5.74, 6) is 0. The van der Waals surface area contributed by atoms with Crippen molar-refractivity contribution in [3.05, 3.63) is 132 Å². The first-order valence-corrected chi connectivity index (χ1v) is 14.6. The van der Waals surface area contributed by atoms with Gasteiger partial charge in [-0.1, -0.05) is 105 Å². The highest BCUT2D eigenvalue weighted by Gasteiger charge is 2.40. The van der Waals surface area contributed by atoms with Gasteiger partial charge < -0.3 is 4.74 Å². The molecule has 0 bridgehead atoms. The van der Waals surface area contributed by atoms with Gasteiger partial charge in [0.25, 0.3) is 0 Å². The first kappa shape index (κ1) is 28.1. The summed E-state index contributed by atoms with van der Waals surface area (Å²) < 4.78 is 34.1. The van der Waals surface area contributed by atoms with Gasteiger partial charge in [-0.3, -0.25) is 5.32 Å². The predicted octanol–water partition coefficient (Wildman–Crippen LogP) is 7.04. The number of amides is 1. The standard InChI is InChI=1S/C32H34N2O4S/c1-3-24-34(25-4-2)39(36,37)30-22-20-29(21-23-30)33-31(35)38-32(26-14-8-5-9-15-26,27-16-10-6-11-17-27)28-18-12-7-13-19-28/h5-23H,3-4,24-25H2,1-2H3,(H,33,35). The smallest absolute Gasteiger partial charge is 0.413 e. The van der Waals surface area contributed by atoms with Gasteiger partial charge in [-0.15, -0.1) is 0 Å². The number of anilines is 1. The highest BCUT2D eigenvalue weighted by molar-refractivity contribution is 7.89. The van der Waals surface area contributed by atoms with Gasteiger partial charge in [0, 0.05) is 35.5 Å². The lowest BCUT2D eigenvalue weighted by molar-refractivity contribution is 0.0786. The number of hydrogen-bond acceptors (Lipinski definition) is 4. The molecular formula is C32H34N2O4S. The van der Waals surface area contributed by atoms with E-state index in [-0.39, 0.29) is 4.90 Å². The van der Waals surface area contributed by atoms with E-state index in [9.17, 15) is 13.2 Å². The molecular weight excluding hydrogens is 508 g/mol. The molecule has 0 aromatic heterocycles. The number of ether oxygens (including phenoxy) is 1. The molecule has 4 rings (SSSR count). The zero-order valence-electron chi connectivity index (χ0n) is 22.3. The van der Waals surface area contributed by atoms with Gasteiger partial charge in [0.1, 0.15) is 0 Å². The Labute approximate surface area is 231 Å². The number of sulfonamides is 1. The van der Waals surface area contributed by atoms with E-state index in [0.29, 0.717) is 18.8 Å². The number of carbonyl (C=O) groups is 1. The minimum atomic E-state index is -3.62. The van der Waals surface area contributed by atoms with Crippen LogP contribution in [0.4, 0.5) is 10.5 Å². The molecule has 0 spiro atoms. The van der Waals surface area contributed by atoms with Crippen LogP contribution in [0.2, 0.25) is 0 Å². The Morgan fingerprint density at radius 2 is 1.10 bits per heavy atom. The van der Waals surface area contributed by atoms with Crippen LogP contribution in [-0.2, 0) is 20.4 Å². The van der Waals surface area contributed by atoms with Crippen molar-refractivity contribution in [1.29, 1.82) is 0 Å². The molecule has 39 heavy (non-hydrogen) atoms. The van der Waals surface area contributed by atoms with Crippen molar-refractivity contribution < 1.29 is 17.9 Å². The number of hydrogen-bond donors (Lipinski definition) is 1. The van der Waals surface area contributed by atoms with E-state index in [4.69, 9.17) is 4.74 Å². The number of carbonyl (C=O) groups excluding carboxylic acids is 1. The van der Waals surface area contributed by atoms with Gasteiger partial charge in [0.15, 0.2) is 5.60 Å². The van der Waals surface area contributed by atoms with Crippen LogP contribution in [0.25, 0.3) is 0 Å². The fraction of sp³-hybridized carbons (Fsp3) is 0.219. The van der Waals surface area contributed by atoms with Crippen molar-refractivity contribution in [3.63, 3.8) is 0 Å². The second kappa shape index (κ2) is 12.7. The van der Waals surface area contributed by atoms with Crippen molar-refractivity contribution in [2.45, 2.75) is 37.2 Å². The second-order valence-electron chi connectivity index (χ2n) is 9.22. The Morgan fingerprint density at radius 3 is 1.49 bits per heavy atom. The Balaban J connectivity index is 1.66. The maximum atomic E-state index is 13.4. The lowest BCUT2D eigenvalue weighted by Gasteiger charge is -2.35. The second-order valence-corrected chi connectivity index (χ2v) is 11.2. The highest BCUT2D eigenvalue weighted by Crippen LogP contribution is 2.40. The highest BCUT2D eigenvalue weighted by atomic mass is 32.2. The van der Waals surface area contributed by atoms with Gasteiger partial charge >= 0.3 is 6.09 Å². The molecule has 0 saturated carbocycles. The van der Waals surface area contributed by atoms with Crippen molar-refractivity contribution in [2.75, 3.05) is 18.4 Å². The van der Waals surface area contributed by atoms with Crippen molar-refractivity contribution in [3.8, 4) is 0 Å². The topological polar surface area (TPSA) is 75.7 Å². The van der Waals surface area contributed by atoms with Gasteiger partial charge in [0.2, 0.25) is 10.0 Å². The van der Waals surface area contributed by atoms with E-state index in [0.717, 1.165) is 29.5 Å². The van der Waals surface area contributed by atoms with Crippen molar-refractivity contribution >= 4 is 21.8 Å². The number of benzene rings is 4. The lowest BCUT2D eigenvalue weighted by Crippen LogP contribution is -2.36. The molecule has 6 nitrogen and oxygen atoms in total. The summed E-state index contributed by atoms with van der Waals surface area (Å²) in [5.41, 5.74) is 1.61. The van der Waals surface area contributed by atoms with Gasteiger partial charge in [0.05, 0.1) is 4.90 Å². The van der Waals surface area contributed by atoms with Crippen LogP contribution in [0.3, 0.4) is 0 Å². The molecule has 0 aliphatic rings. The maximum absolute atomic E-state index is 13.4. The van der Waals surface area contributed by atoms with Gasteiger partial charge in [-0.2, -0.15) is 4.31 Å². The average molecular weight is 543 g/mol. The van der Waals surface area contributed by atoms with Gasteiger partial charge in [-0.05, 0) is 37.1 Å². The first-order valence-electron chi connectivity index (χ1n) is 13.2. The van der Waals surface area contributed by atoms with Gasteiger partial charge in [-0.25, -0.2) is 13.2 Å². The van der Waals surface area contributed by atoms with Crippen LogP contribution in [0.15, 0.2) is 120 Å². The molecule has 4 aromatic carbocycles. The summed E-state index contributed by atoms with van der Waals surface area (Å²) in [4.78, 5) is 13.6. The Bertz CT molecular complexity index is 1340. The Hall–Kier alpha value is -3.94. The van der Waals surface area contributed by atoms with E-state index in [2.05, 4.69) is 5.32 Å². The molecule has 4 aromatic rings. The van der Waals surface area contributed by atoms with Crippen LogP contribution in [-0.4, -0.2) is 31.9 Å². The monoisotopic (exact) mass is 542 g/mol. The minimum Gasteiger partial charge on any atom is -0.428 e. The Morgan fingerprint density at radius 1 is 0.692 bits per heavy atom. The molecule has 1 amide bonds. The molecule has 0 radical (unpaired) electrons. The zero-order valence-corrected chi connectivity index (χ0v) is 23.1. The van der Waals surface area contributed by atoms with Crippen molar-refractivity contribution in [2.24, 2.45) is 0 Å². The zero-order chi connectivity index (χ0) is 27.7. The van der Waals surface area contributed by atoms with E-state index >= 15 is 0 Å². The molecule has 0 unspecified atom stereocenters. The number of rotatable bonds is 11. The molecule has 0 fully saturated rings. The van der Waals surface area contributed by atoms with E-state index in [1.807, 2.05) is 105 Å². The predicted molar refractivity (Wildman–Crippen MR) is 155 cm³/mol. The van der Waals surface area contributed by atoms with Crippen LogP contribution in [0.1, 0.15) is 43.4 Å². The third-order valence-corrected chi connectivity index (χ3v) is 8.38. The van der Waals surface area contributed by atoms with E-state index in [1.54, 1.807) is 12.1 Å². The largest absolute Gasteiger partial charge is 0.428 e. The molecule has 0 heterocycles. The molecule has 202 valence electrons. The van der Waals surface area contributed by atoms with Crippen LogP contribution >= 0.6 is 0 Å². The van der Waals surface area contributed by atoms with Crippen molar-refractivity contribution in [1.82, 2.24) is 4.31 Å². The number of nitrogens with zero attached hydrogens (tertiary/aromatic N) is 1. The van der Waals surface area contributed by atoms with Crippen LogP contribution in [0.5, 0.6) is 0 Å². The van der Waals surface area contributed by atoms with E-state index in [1.165, 1.54) is 16.4 Å². The van der Waals surface area contributed by atoms with Crippen LogP contribution < -0.4 is 5.32 Å². The molecule has 0 atom stereocenters. The Kier molecular flexibility index (Phi) is 9.17. The normalized spacial score (nSPS) is 11.8. The summed E-state index contributed by atoms with van der Waals surface area (Å²) in [6.45, 7) is 4.83. The molecule has 0 saturated heterocycles. The van der Waals surface area contributed by atoms with Crippen LogP contribution in [0, 0.1) is 0 Å². The fourth-order valence-corrected chi connectivity index (χ4v) is 6.31. The fourth-order valence-electron chi connectivity index (χ4n) is 4.69. The maximum Gasteiger partial charge on any atom is 0.413 e. The third kappa shape index (κ3) is 6.21. The molecule has 7 heteroatoms. The quantitative estimate of drug-likeness (QED) is 0.206. The summed E-state index contributed by atoms with van der Waals surface area (Å²) in [6, 6.07) is 35.0. The average Bonchev–Trinajstić information content (AvgIpc) is 2.97. The summed E-state index contributed by atoms with van der Waals surface area (Å²) >= 11 is 0. The first-order chi connectivity index (χ1) is 18.9. The summed E-state index contributed by atoms with van der Waals surface area (Å²) in [7, 11) is -3.62. The van der Waals surface area contributed by atoms with E-state index < -0.39 is 21.7 Å². The summed E-state index contributed by atoms with van der Waals surface area (Å²) in [5, 5.41) is 2.80. The lowest BCUT2D eigenvalue weighted by atomic mass is 9.80. The molecule has 0 aliphatic carbocycles. The SMILES string of the molecule is CCCN(CCC)S(=O)(=O)c1ccc(NC(=O)OC(c2ccccc2)(c2ccccc2)c2ccccc2)cc1.